The van der Waals surface area contributed by atoms with Crippen LogP contribution in [0.1, 0.15) is 65.2 Å². The summed E-state index contributed by atoms with van der Waals surface area (Å²) in [6.45, 7) is 9.32. The van der Waals surface area contributed by atoms with Gasteiger partial charge in [-0.05, 0) is 45.1 Å². The molecule has 3 nitrogen and oxygen atoms in total. The van der Waals surface area contributed by atoms with Gasteiger partial charge in [-0.25, -0.2) is 0 Å². The molecular weight excluding hydrogens is 248 g/mol. The fourth-order valence-corrected chi connectivity index (χ4v) is 4.25. The number of hydrogen-bond acceptors (Lipinski definition) is 3. The number of methoxy groups -OCH3 is 1. The molecule has 2 rings (SSSR count). The SMILES string of the molecule is CCC1(CC)CNC2(CCCC2)CN1CCCCOC. The highest BCUT2D eigenvalue weighted by molar-refractivity contribution is 5.06. The van der Waals surface area contributed by atoms with Gasteiger partial charge >= 0.3 is 0 Å². The summed E-state index contributed by atoms with van der Waals surface area (Å²) in [7, 11) is 1.81. The van der Waals surface area contributed by atoms with Gasteiger partial charge in [-0.3, -0.25) is 4.90 Å². The molecule has 0 unspecified atom stereocenters. The van der Waals surface area contributed by atoms with Gasteiger partial charge < -0.3 is 10.1 Å². The Balaban J connectivity index is 1.98. The zero-order chi connectivity index (χ0) is 14.5. The third kappa shape index (κ3) is 3.37. The van der Waals surface area contributed by atoms with Crippen LogP contribution < -0.4 is 5.32 Å². The van der Waals surface area contributed by atoms with E-state index in [-0.39, 0.29) is 0 Å². The Bertz CT molecular complexity index is 283. The third-order valence-electron chi connectivity index (χ3n) is 5.86. The summed E-state index contributed by atoms with van der Waals surface area (Å²) in [5, 5.41) is 3.95. The van der Waals surface area contributed by atoms with Crippen molar-refractivity contribution >= 4 is 0 Å². The van der Waals surface area contributed by atoms with Crippen LogP contribution in [0.3, 0.4) is 0 Å². The van der Waals surface area contributed by atoms with E-state index < -0.39 is 0 Å². The van der Waals surface area contributed by atoms with Crippen molar-refractivity contribution in [3.63, 3.8) is 0 Å². The van der Waals surface area contributed by atoms with E-state index in [2.05, 4.69) is 24.1 Å². The Labute approximate surface area is 125 Å². The maximum atomic E-state index is 5.20. The van der Waals surface area contributed by atoms with Crippen molar-refractivity contribution in [3.8, 4) is 0 Å². The van der Waals surface area contributed by atoms with Crippen LogP contribution in [-0.4, -0.2) is 49.3 Å². The van der Waals surface area contributed by atoms with E-state index in [0.717, 1.165) is 6.61 Å². The van der Waals surface area contributed by atoms with E-state index in [9.17, 15) is 0 Å². The second-order valence-corrected chi connectivity index (χ2v) is 6.89. The molecule has 2 fully saturated rings. The minimum atomic E-state index is 0.390. The maximum Gasteiger partial charge on any atom is 0.0462 e. The lowest BCUT2D eigenvalue weighted by Gasteiger charge is -2.54. The average Bonchev–Trinajstić information content (AvgIpc) is 2.93. The van der Waals surface area contributed by atoms with Crippen LogP contribution in [0.15, 0.2) is 0 Å². The first-order valence-electron chi connectivity index (χ1n) is 8.69. The summed E-state index contributed by atoms with van der Waals surface area (Å²) >= 11 is 0. The van der Waals surface area contributed by atoms with Crippen LogP contribution in [0.2, 0.25) is 0 Å². The second kappa shape index (κ2) is 7.24. The van der Waals surface area contributed by atoms with E-state index in [1.807, 2.05) is 0 Å². The molecule has 0 aromatic carbocycles. The van der Waals surface area contributed by atoms with Gasteiger partial charge in [0.1, 0.15) is 0 Å². The molecule has 0 radical (unpaired) electrons. The van der Waals surface area contributed by atoms with E-state index in [0.29, 0.717) is 11.1 Å². The molecule has 0 aromatic heterocycles. The van der Waals surface area contributed by atoms with Crippen LogP contribution in [0.4, 0.5) is 0 Å². The minimum absolute atomic E-state index is 0.390. The Morgan fingerprint density at radius 1 is 1.10 bits per heavy atom. The van der Waals surface area contributed by atoms with E-state index in [1.165, 1.54) is 71.0 Å². The lowest BCUT2D eigenvalue weighted by Crippen LogP contribution is -2.69. The zero-order valence-electron chi connectivity index (χ0n) is 13.8. The Kier molecular flexibility index (Phi) is 5.88. The predicted octanol–water partition coefficient (Wildman–Crippen LogP) is 3.19. The summed E-state index contributed by atoms with van der Waals surface area (Å²) in [4.78, 5) is 2.82. The van der Waals surface area contributed by atoms with Crippen molar-refractivity contribution in [2.24, 2.45) is 0 Å². The number of hydrogen-bond donors (Lipinski definition) is 1. The van der Waals surface area contributed by atoms with Gasteiger partial charge in [0.05, 0.1) is 0 Å². The molecule has 118 valence electrons. The fourth-order valence-electron chi connectivity index (χ4n) is 4.25. The third-order valence-corrected chi connectivity index (χ3v) is 5.86. The summed E-state index contributed by atoms with van der Waals surface area (Å²) in [6, 6.07) is 0. The van der Waals surface area contributed by atoms with Crippen LogP contribution in [0.5, 0.6) is 0 Å². The highest BCUT2D eigenvalue weighted by Gasteiger charge is 2.46. The van der Waals surface area contributed by atoms with Gasteiger partial charge in [0.15, 0.2) is 0 Å². The molecule has 1 saturated heterocycles. The molecule has 1 heterocycles. The van der Waals surface area contributed by atoms with Crippen molar-refractivity contribution in [1.29, 1.82) is 0 Å². The quantitative estimate of drug-likeness (QED) is 0.726. The molecule has 1 N–H and O–H groups in total. The number of nitrogens with one attached hydrogen (secondary N) is 1. The molecule has 2 aliphatic rings. The maximum absolute atomic E-state index is 5.20. The number of unbranched alkanes of at least 4 members (excludes halogenated alkanes) is 1. The molecule has 0 bridgehead atoms. The van der Waals surface area contributed by atoms with E-state index in [4.69, 9.17) is 4.74 Å². The summed E-state index contributed by atoms with van der Waals surface area (Å²) in [5.41, 5.74) is 0.829. The Hall–Kier alpha value is -0.120. The largest absolute Gasteiger partial charge is 0.385 e. The van der Waals surface area contributed by atoms with Crippen LogP contribution >= 0.6 is 0 Å². The standard InChI is InChI=1S/C17H34N2O/c1-4-17(5-2)14-18-16(10-6-7-11-16)15-19(17)12-8-9-13-20-3/h18H,4-15H2,1-3H3. The predicted molar refractivity (Wildman–Crippen MR) is 85.2 cm³/mol. The van der Waals surface area contributed by atoms with E-state index in [1.54, 1.807) is 7.11 Å². The first kappa shape index (κ1) is 16.3. The second-order valence-electron chi connectivity index (χ2n) is 6.89. The summed E-state index contributed by atoms with van der Waals surface area (Å²) in [5.74, 6) is 0. The van der Waals surface area contributed by atoms with Gasteiger partial charge in [-0.15, -0.1) is 0 Å². The molecule has 0 atom stereocenters. The molecule has 0 aromatic rings. The molecule has 1 aliphatic carbocycles. The normalized spacial score (nSPS) is 25.4. The number of nitrogens with zero attached hydrogens (tertiary/aromatic N) is 1. The minimum Gasteiger partial charge on any atom is -0.385 e. The number of piperazine rings is 1. The van der Waals surface area contributed by atoms with Crippen molar-refractivity contribution < 1.29 is 4.74 Å². The smallest absolute Gasteiger partial charge is 0.0462 e. The topological polar surface area (TPSA) is 24.5 Å². The molecule has 1 spiro atoms. The zero-order valence-corrected chi connectivity index (χ0v) is 13.8. The molecule has 0 amide bonds. The van der Waals surface area contributed by atoms with Gasteiger partial charge in [0.2, 0.25) is 0 Å². The van der Waals surface area contributed by atoms with Crippen molar-refractivity contribution in [2.45, 2.75) is 76.3 Å². The Morgan fingerprint density at radius 2 is 1.80 bits per heavy atom. The van der Waals surface area contributed by atoms with E-state index >= 15 is 0 Å². The number of rotatable bonds is 7. The first-order valence-corrected chi connectivity index (χ1v) is 8.69. The number of ether oxygens (including phenoxy) is 1. The highest BCUT2D eigenvalue weighted by Crippen LogP contribution is 2.38. The monoisotopic (exact) mass is 282 g/mol. The highest BCUT2D eigenvalue weighted by atomic mass is 16.5. The van der Waals surface area contributed by atoms with Gasteiger partial charge in [0, 0.05) is 37.9 Å². The summed E-state index contributed by atoms with van der Waals surface area (Å²) in [6.07, 6.45) is 10.6. The van der Waals surface area contributed by atoms with Gasteiger partial charge in [-0.2, -0.15) is 0 Å². The average molecular weight is 282 g/mol. The lowest BCUT2D eigenvalue weighted by atomic mass is 9.82. The molecule has 1 aliphatic heterocycles. The molecule has 3 heteroatoms. The van der Waals surface area contributed by atoms with Crippen molar-refractivity contribution in [1.82, 2.24) is 10.2 Å². The van der Waals surface area contributed by atoms with Gasteiger partial charge in [0.25, 0.3) is 0 Å². The van der Waals surface area contributed by atoms with Crippen LogP contribution in [0, 0.1) is 0 Å². The molecule has 1 saturated carbocycles. The Morgan fingerprint density at radius 3 is 2.40 bits per heavy atom. The van der Waals surface area contributed by atoms with Crippen LogP contribution in [0.25, 0.3) is 0 Å². The van der Waals surface area contributed by atoms with Gasteiger partial charge in [-0.1, -0.05) is 26.7 Å². The summed E-state index contributed by atoms with van der Waals surface area (Å²) < 4.78 is 5.20. The molecular formula is C17H34N2O. The molecule has 20 heavy (non-hydrogen) atoms. The van der Waals surface area contributed by atoms with Crippen LogP contribution in [-0.2, 0) is 4.74 Å². The van der Waals surface area contributed by atoms with Crippen molar-refractivity contribution in [3.05, 3.63) is 0 Å². The fraction of sp³-hybridized carbons (Fsp3) is 1.00. The first-order chi connectivity index (χ1) is 9.70. The lowest BCUT2D eigenvalue weighted by molar-refractivity contribution is -0.00210. The van der Waals surface area contributed by atoms with Crippen molar-refractivity contribution in [2.75, 3.05) is 33.4 Å².